The Bertz CT molecular complexity index is 1120. The molecule has 7 nitrogen and oxygen atoms in total. The molecule has 0 saturated carbocycles. The molecule has 2 aromatic heterocycles. The maximum Gasteiger partial charge on any atom is 0.253 e. The van der Waals surface area contributed by atoms with Gasteiger partial charge in [-0.15, -0.1) is 11.3 Å². The van der Waals surface area contributed by atoms with E-state index in [-0.39, 0.29) is 5.91 Å². The van der Waals surface area contributed by atoms with E-state index in [4.69, 9.17) is 4.98 Å². The largest absolute Gasteiger partial charge is 0.345 e. The van der Waals surface area contributed by atoms with Crippen LogP contribution in [0, 0.1) is 0 Å². The number of thiophene rings is 1. The molecule has 0 unspecified atom stereocenters. The number of carbonyl (C=O) groups is 1. The van der Waals surface area contributed by atoms with Crippen molar-refractivity contribution in [2.24, 2.45) is 0 Å². The van der Waals surface area contributed by atoms with Gasteiger partial charge in [0, 0.05) is 32.7 Å². The number of benzene rings is 1. The lowest BCUT2D eigenvalue weighted by molar-refractivity contribution is -0.134. The van der Waals surface area contributed by atoms with Gasteiger partial charge in [-0.1, -0.05) is 29.5 Å². The summed E-state index contributed by atoms with van der Waals surface area (Å²) in [7, 11) is -3.61. The number of nitrogens with zero attached hydrogens (tertiary/aromatic N) is 4. The Hall–Kier alpha value is -2.01. The molecule has 5 rings (SSSR count). The molecule has 4 heterocycles. The molecule has 2 saturated heterocycles. The first kappa shape index (κ1) is 19.9. The van der Waals surface area contributed by atoms with Gasteiger partial charge in [-0.2, -0.15) is 4.31 Å². The van der Waals surface area contributed by atoms with E-state index in [2.05, 4.69) is 11.0 Å². The Labute approximate surface area is 183 Å². The highest BCUT2D eigenvalue weighted by molar-refractivity contribution is 7.91. The third-order valence-electron chi connectivity index (χ3n) is 5.69. The summed E-state index contributed by atoms with van der Waals surface area (Å²) in [5.74, 6) is -0.0726. The maximum absolute atomic E-state index is 13.2. The predicted molar refractivity (Wildman–Crippen MR) is 120 cm³/mol. The second-order valence-electron chi connectivity index (χ2n) is 7.48. The van der Waals surface area contributed by atoms with Gasteiger partial charge in [0.15, 0.2) is 5.13 Å². The molecule has 2 aliphatic heterocycles. The van der Waals surface area contributed by atoms with Crippen molar-refractivity contribution in [2.45, 2.75) is 23.1 Å². The van der Waals surface area contributed by atoms with Crippen molar-refractivity contribution in [3.05, 3.63) is 41.8 Å². The summed E-state index contributed by atoms with van der Waals surface area (Å²) in [6, 6.07) is 10.8. The zero-order valence-corrected chi connectivity index (χ0v) is 18.8. The van der Waals surface area contributed by atoms with Crippen LogP contribution < -0.4 is 4.90 Å². The van der Waals surface area contributed by atoms with Crippen molar-refractivity contribution in [3.8, 4) is 0 Å². The number of hydrogen-bond donors (Lipinski definition) is 0. The van der Waals surface area contributed by atoms with E-state index in [1.165, 1.54) is 15.6 Å². The average molecular weight is 463 g/mol. The highest BCUT2D eigenvalue weighted by atomic mass is 32.2. The molecule has 0 N–H and O–H groups in total. The number of rotatable bonds is 4. The standard InChI is InChI=1S/C20H22N4O3S3/c25-19(16-6-3-9-24(16)30(26,27)18-8-4-14-28-18)22-10-12-23(13-11-22)20-21-15-5-1-2-7-17(15)29-20/h1-2,4-5,7-8,14,16H,3,6,9-13H2/t16-/m0/s1. The topological polar surface area (TPSA) is 73.8 Å². The molecule has 0 bridgehead atoms. The van der Waals surface area contributed by atoms with Crippen LogP contribution in [0.1, 0.15) is 12.8 Å². The minimum absolute atomic E-state index is 0.0726. The van der Waals surface area contributed by atoms with E-state index in [0.29, 0.717) is 49.8 Å². The smallest absolute Gasteiger partial charge is 0.253 e. The molecule has 1 aromatic carbocycles. The highest BCUT2D eigenvalue weighted by Crippen LogP contribution is 2.31. The Morgan fingerprint density at radius 3 is 2.57 bits per heavy atom. The number of hydrogen-bond acceptors (Lipinski definition) is 7. The zero-order chi connectivity index (χ0) is 20.7. The van der Waals surface area contributed by atoms with Crippen LogP contribution in [-0.4, -0.2) is 67.3 Å². The highest BCUT2D eigenvalue weighted by Gasteiger charge is 2.42. The Morgan fingerprint density at radius 2 is 1.83 bits per heavy atom. The fourth-order valence-corrected chi connectivity index (χ4v) is 7.91. The predicted octanol–water partition coefficient (Wildman–Crippen LogP) is 2.86. The molecule has 30 heavy (non-hydrogen) atoms. The van der Waals surface area contributed by atoms with E-state index in [9.17, 15) is 13.2 Å². The summed E-state index contributed by atoms with van der Waals surface area (Å²) in [5, 5.41) is 2.73. The minimum Gasteiger partial charge on any atom is -0.345 e. The van der Waals surface area contributed by atoms with Gasteiger partial charge in [0.2, 0.25) is 5.91 Å². The number of fused-ring (bicyclic) bond motifs is 1. The normalized spacial score (nSPS) is 20.9. The van der Waals surface area contributed by atoms with Crippen LogP contribution in [-0.2, 0) is 14.8 Å². The molecule has 10 heteroatoms. The fourth-order valence-electron chi connectivity index (χ4n) is 4.12. The molecular weight excluding hydrogens is 440 g/mol. The van der Waals surface area contributed by atoms with Gasteiger partial charge in [0.25, 0.3) is 10.0 Å². The number of carbonyl (C=O) groups excluding carboxylic acids is 1. The fraction of sp³-hybridized carbons (Fsp3) is 0.400. The molecule has 0 spiro atoms. The molecule has 1 atom stereocenters. The summed E-state index contributed by atoms with van der Waals surface area (Å²) in [5.41, 5.74) is 0.997. The molecule has 158 valence electrons. The molecule has 0 radical (unpaired) electrons. The van der Waals surface area contributed by atoms with E-state index >= 15 is 0 Å². The van der Waals surface area contributed by atoms with Crippen molar-refractivity contribution in [2.75, 3.05) is 37.6 Å². The van der Waals surface area contributed by atoms with Crippen molar-refractivity contribution in [1.29, 1.82) is 0 Å². The van der Waals surface area contributed by atoms with Crippen LogP contribution in [0.5, 0.6) is 0 Å². The van der Waals surface area contributed by atoms with Gasteiger partial charge in [0.05, 0.1) is 10.2 Å². The lowest BCUT2D eigenvalue weighted by atomic mass is 10.2. The Kier molecular flexibility index (Phi) is 5.26. The van der Waals surface area contributed by atoms with Crippen LogP contribution >= 0.6 is 22.7 Å². The third kappa shape index (κ3) is 3.51. The monoisotopic (exact) mass is 462 g/mol. The van der Waals surface area contributed by atoms with Gasteiger partial charge >= 0.3 is 0 Å². The summed E-state index contributed by atoms with van der Waals surface area (Å²) >= 11 is 2.86. The molecule has 1 amide bonds. The number of anilines is 1. The van der Waals surface area contributed by atoms with Gasteiger partial charge in [-0.25, -0.2) is 13.4 Å². The van der Waals surface area contributed by atoms with E-state index in [1.807, 2.05) is 23.1 Å². The van der Waals surface area contributed by atoms with Gasteiger partial charge in [0.1, 0.15) is 10.3 Å². The number of sulfonamides is 1. The Balaban J connectivity index is 1.27. The quantitative estimate of drug-likeness (QED) is 0.596. The first-order chi connectivity index (χ1) is 14.5. The van der Waals surface area contributed by atoms with Crippen LogP contribution in [0.3, 0.4) is 0 Å². The van der Waals surface area contributed by atoms with Crippen LogP contribution in [0.2, 0.25) is 0 Å². The average Bonchev–Trinajstić information content (AvgIpc) is 3.53. The maximum atomic E-state index is 13.2. The van der Waals surface area contributed by atoms with Crippen LogP contribution in [0.25, 0.3) is 10.2 Å². The van der Waals surface area contributed by atoms with E-state index in [0.717, 1.165) is 15.3 Å². The molecule has 2 fully saturated rings. The molecule has 3 aromatic rings. The third-order valence-corrected chi connectivity index (χ3v) is 10.1. The summed E-state index contributed by atoms with van der Waals surface area (Å²) in [6.45, 7) is 2.98. The van der Waals surface area contributed by atoms with Gasteiger partial charge in [-0.3, -0.25) is 4.79 Å². The van der Waals surface area contributed by atoms with Crippen LogP contribution in [0.4, 0.5) is 5.13 Å². The molecule has 2 aliphatic rings. The van der Waals surface area contributed by atoms with E-state index in [1.54, 1.807) is 28.8 Å². The van der Waals surface area contributed by atoms with Gasteiger partial charge in [-0.05, 0) is 36.4 Å². The molecule has 0 aliphatic carbocycles. The zero-order valence-electron chi connectivity index (χ0n) is 16.3. The summed E-state index contributed by atoms with van der Waals surface area (Å²) in [6.07, 6.45) is 1.30. The number of aromatic nitrogens is 1. The molecular formula is C20H22N4O3S3. The second-order valence-corrected chi connectivity index (χ2v) is 11.6. The lowest BCUT2D eigenvalue weighted by Gasteiger charge is -2.37. The minimum atomic E-state index is -3.61. The first-order valence-electron chi connectivity index (χ1n) is 9.99. The number of thiazole rings is 1. The second kappa shape index (κ2) is 7.92. The van der Waals surface area contributed by atoms with Crippen molar-refractivity contribution < 1.29 is 13.2 Å². The lowest BCUT2D eigenvalue weighted by Crippen LogP contribution is -2.54. The van der Waals surface area contributed by atoms with E-state index < -0.39 is 16.1 Å². The number of amides is 1. The van der Waals surface area contributed by atoms with Crippen molar-refractivity contribution in [3.63, 3.8) is 0 Å². The number of para-hydroxylation sites is 1. The van der Waals surface area contributed by atoms with Crippen LogP contribution in [0.15, 0.2) is 46.0 Å². The first-order valence-corrected chi connectivity index (χ1v) is 13.1. The van der Waals surface area contributed by atoms with Gasteiger partial charge < -0.3 is 9.80 Å². The van der Waals surface area contributed by atoms with Crippen molar-refractivity contribution in [1.82, 2.24) is 14.2 Å². The SMILES string of the molecule is O=C([C@@H]1CCCN1S(=O)(=O)c1cccs1)N1CCN(c2nc3ccccc3s2)CC1. The Morgan fingerprint density at radius 1 is 1.03 bits per heavy atom. The van der Waals surface area contributed by atoms with Crippen molar-refractivity contribution >= 4 is 54.0 Å². The number of piperazine rings is 1. The summed E-state index contributed by atoms with van der Waals surface area (Å²) in [4.78, 5) is 21.9. The summed E-state index contributed by atoms with van der Waals surface area (Å²) < 4.78 is 28.8.